The predicted octanol–water partition coefficient (Wildman–Crippen LogP) is 16.0. The third kappa shape index (κ3) is 6.66. The Morgan fingerprint density at radius 2 is 0.750 bits per heavy atom. The van der Waals surface area contributed by atoms with Crippen molar-refractivity contribution in [1.29, 1.82) is 0 Å². The number of hydrogen-bond acceptors (Lipinski definition) is 3. The summed E-state index contributed by atoms with van der Waals surface area (Å²) < 4.78 is 2.36. The van der Waals surface area contributed by atoms with Gasteiger partial charge in [0.2, 0.25) is 0 Å². The van der Waals surface area contributed by atoms with Crippen LogP contribution in [0.25, 0.3) is 94.1 Å². The number of aromatic nitrogens is 3. The summed E-state index contributed by atoms with van der Waals surface area (Å²) in [6.45, 7) is 0. The molecule has 10 aromatic carbocycles. The Hall–Kier alpha value is -8.60. The molecule has 0 spiro atoms. The molecule has 0 fully saturated rings. The monoisotopic (exact) mass is 816 g/mol. The van der Waals surface area contributed by atoms with Gasteiger partial charge in [0.05, 0.1) is 33.5 Å². The Morgan fingerprint density at radius 3 is 1.39 bits per heavy atom. The van der Waals surface area contributed by atoms with Gasteiger partial charge in [0, 0.05) is 44.6 Å². The molecule has 0 amide bonds. The lowest BCUT2D eigenvalue weighted by molar-refractivity contribution is 1.18. The highest BCUT2D eigenvalue weighted by atomic mass is 15.1. The van der Waals surface area contributed by atoms with E-state index in [0.717, 1.165) is 61.9 Å². The second-order valence-corrected chi connectivity index (χ2v) is 16.2. The number of para-hydroxylation sites is 4. The van der Waals surface area contributed by atoms with Gasteiger partial charge in [0.1, 0.15) is 0 Å². The zero-order chi connectivity index (χ0) is 42.4. The van der Waals surface area contributed by atoms with Gasteiger partial charge in [-0.05, 0) is 118 Å². The van der Waals surface area contributed by atoms with E-state index in [1.54, 1.807) is 0 Å². The van der Waals surface area contributed by atoms with Gasteiger partial charge in [-0.1, -0.05) is 158 Å². The zero-order valence-electron chi connectivity index (χ0n) is 34.9. The van der Waals surface area contributed by atoms with Gasteiger partial charge >= 0.3 is 0 Å². The van der Waals surface area contributed by atoms with Gasteiger partial charge in [0.15, 0.2) is 0 Å². The van der Waals surface area contributed by atoms with Crippen molar-refractivity contribution in [1.82, 2.24) is 14.5 Å². The molecule has 4 heteroatoms. The highest BCUT2D eigenvalue weighted by molar-refractivity contribution is 6.10. The summed E-state index contributed by atoms with van der Waals surface area (Å²) in [5.74, 6) is 0. The molecule has 0 radical (unpaired) electrons. The summed E-state index contributed by atoms with van der Waals surface area (Å²) in [4.78, 5) is 12.6. The number of hydrogen-bond donors (Lipinski definition) is 0. The lowest BCUT2D eigenvalue weighted by Crippen LogP contribution is -2.10. The van der Waals surface area contributed by atoms with Crippen molar-refractivity contribution in [2.24, 2.45) is 0 Å². The molecule has 0 aliphatic rings. The van der Waals surface area contributed by atoms with Crippen molar-refractivity contribution >= 4 is 60.7 Å². The fourth-order valence-electron chi connectivity index (χ4n) is 9.20. The van der Waals surface area contributed by atoms with Gasteiger partial charge in [-0.2, -0.15) is 0 Å². The smallest absolute Gasteiger partial charge is 0.0973 e. The van der Waals surface area contributed by atoms with E-state index in [-0.39, 0.29) is 0 Å². The van der Waals surface area contributed by atoms with Crippen LogP contribution < -0.4 is 4.90 Å². The van der Waals surface area contributed by atoms with E-state index in [1.165, 1.54) is 49.3 Å². The first-order valence-corrected chi connectivity index (χ1v) is 21.7. The Kier molecular flexibility index (Phi) is 9.12. The van der Waals surface area contributed by atoms with E-state index in [0.29, 0.717) is 0 Å². The van der Waals surface area contributed by atoms with E-state index in [4.69, 9.17) is 9.97 Å². The highest BCUT2D eigenvalue weighted by Crippen LogP contribution is 2.40. The van der Waals surface area contributed by atoms with Crippen LogP contribution in [-0.2, 0) is 0 Å². The van der Waals surface area contributed by atoms with E-state index >= 15 is 0 Å². The lowest BCUT2D eigenvalue weighted by Gasteiger charge is -2.26. The lowest BCUT2D eigenvalue weighted by atomic mass is 10.00. The average molecular weight is 817 g/mol. The van der Waals surface area contributed by atoms with Crippen LogP contribution >= 0.6 is 0 Å². The molecule has 2 aromatic heterocycles. The predicted molar refractivity (Wildman–Crippen MR) is 268 cm³/mol. The van der Waals surface area contributed by atoms with Crippen molar-refractivity contribution < 1.29 is 0 Å². The minimum Gasteiger partial charge on any atom is -0.311 e. The first-order valence-electron chi connectivity index (χ1n) is 21.7. The zero-order valence-corrected chi connectivity index (χ0v) is 34.9. The van der Waals surface area contributed by atoms with Crippen molar-refractivity contribution in [3.8, 4) is 50.5 Å². The molecule has 0 aliphatic heterocycles. The summed E-state index contributed by atoms with van der Waals surface area (Å²) in [5, 5.41) is 4.96. The van der Waals surface area contributed by atoms with Crippen LogP contribution in [0.2, 0.25) is 0 Å². The van der Waals surface area contributed by atoms with Gasteiger partial charge in [0.25, 0.3) is 0 Å². The highest BCUT2D eigenvalue weighted by Gasteiger charge is 2.18. The summed E-state index contributed by atoms with van der Waals surface area (Å²) >= 11 is 0. The van der Waals surface area contributed by atoms with Crippen molar-refractivity contribution in [3.63, 3.8) is 0 Å². The van der Waals surface area contributed by atoms with Crippen LogP contribution in [0.4, 0.5) is 17.1 Å². The van der Waals surface area contributed by atoms with E-state index < -0.39 is 0 Å². The van der Waals surface area contributed by atoms with E-state index in [2.05, 4.69) is 222 Å². The maximum absolute atomic E-state index is 5.18. The normalized spacial score (nSPS) is 11.4. The van der Waals surface area contributed by atoms with Gasteiger partial charge in [-0.25, -0.2) is 9.97 Å². The number of rotatable bonds is 8. The quantitative estimate of drug-likeness (QED) is 0.153. The average Bonchev–Trinajstić information content (AvgIpc) is 3.71. The Labute approximate surface area is 371 Å². The maximum atomic E-state index is 5.18. The molecule has 12 aromatic rings. The fourth-order valence-corrected chi connectivity index (χ4v) is 9.20. The topological polar surface area (TPSA) is 34.0 Å². The number of nitrogens with zero attached hydrogens (tertiary/aromatic N) is 4. The van der Waals surface area contributed by atoms with Gasteiger partial charge in [-0.3, -0.25) is 0 Å². The molecule has 64 heavy (non-hydrogen) atoms. The van der Waals surface area contributed by atoms with Gasteiger partial charge in [-0.15, -0.1) is 0 Å². The summed E-state index contributed by atoms with van der Waals surface area (Å²) in [6.07, 6.45) is 0. The minimum absolute atomic E-state index is 0.857. The standard InChI is InChI=1S/C60H40N4/c1-3-14-44(15-4-1)59-60(62-56-21-11-10-20-55(56)61-59)45-29-36-52(37-30-45)63(50-32-25-42(26-33-50)47-24-23-41-13-7-8-16-46(41)39-47)51-34-27-43(28-35-51)48-31-38-58-54(40-48)53-19-9-12-22-57(53)64(58)49-17-5-2-6-18-49/h1-40H. The number of anilines is 3. The van der Waals surface area contributed by atoms with Crippen LogP contribution in [-0.4, -0.2) is 14.5 Å². The molecule has 0 saturated heterocycles. The SMILES string of the molecule is c1ccc(-c2nc3ccccc3nc2-c2ccc(N(c3ccc(-c4ccc5ccccc5c4)cc3)c3ccc(-c4ccc5c(c4)c4ccccc4n5-c4ccccc4)cc3)cc2)cc1. The van der Waals surface area contributed by atoms with Crippen molar-refractivity contribution in [3.05, 3.63) is 243 Å². The summed E-state index contributed by atoms with van der Waals surface area (Å²) in [5.41, 5.74) is 16.9. The molecule has 12 rings (SSSR count). The maximum Gasteiger partial charge on any atom is 0.0973 e. The molecule has 0 bridgehead atoms. The molecule has 0 atom stereocenters. The van der Waals surface area contributed by atoms with Crippen molar-refractivity contribution in [2.75, 3.05) is 4.90 Å². The van der Waals surface area contributed by atoms with E-state index in [9.17, 15) is 0 Å². The third-order valence-corrected chi connectivity index (χ3v) is 12.4. The molecular weight excluding hydrogens is 777 g/mol. The van der Waals surface area contributed by atoms with Crippen molar-refractivity contribution in [2.45, 2.75) is 0 Å². The number of fused-ring (bicyclic) bond motifs is 5. The van der Waals surface area contributed by atoms with Gasteiger partial charge < -0.3 is 9.47 Å². The Balaban J connectivity index is 0.941. The second-order valence-electron chi connectivity index (χ2n) is 16.2. The molecular formula is C60H40N4. The van der Waals surface area contributed by atoms with Crippen LogP contribution in [0.1, 0.15) is 0 Å². The number of benzene rings is 10. The minimum atomic E-state index is 0.857. The second kappa shape index (κ2) is 15.7. The summed E-state index contributed by atoms with van der Waals surface area (Å²) in [6, 6.07) is 86.4. The first kappa shape index (κ1) is 37.2. The first-order chi connectivity index (χ1) is 31.7. The fraction of sp³-hybridized carbons (Fsp3) is 0. The Bertz CT molecular complexity index is 3630. The molecule has 0 aliphatic carbocycles. The molecule has 4 nitrogen and oxygen atoms in total. The molecule has 0 saturated carbocycles. The van der Waals surface area contributed by atoms with Crippen LogP contribution in [0.15, 0.2) is 243 Å². The largest absolute Gasteiger partial charge is 0.311 e. The molecule has 0 N–H and O–H groups in total. The summed E-state index contributed by atoms with van der Waals surface area (Å²) in [7, 11) is 0. The van der Waals surface area contributed by atoms with Crippen LogP contribution in [0, 0.1) is 0 Å². The van der Waals surface area contributed by atoms with Crippen LogP contribution in [0.5, 0.6) is 0 Å². The molecule has 0 unspecified atom stereocenters. The van der Waals surface area contributed by atoms with Crippen LogP contribution in [0.3, 0.4) is 0 Å². The molecule has 300 valence electrons. The molecule has 2 heterocycles. The van der Waals surface area contributed by atoms with E-state index in [1.807, 2.05) is 30.3 Å². The third-order valence-electron chi connectivity index (χ3n) is 12.4. The Morgan fingerprint density at radius 1 is 0.297 bits per heavy atom.